The van der Waals surface area contributed by atoms with Gasteiger partial charge in [0.25, 0.3) is 5.91 Å². The summed E-state index contributed by atoms with van der Waals surface area (Å²) in [6.07, 6.45) is 2.01. The van der Waals surface area contributed by atoms with E-state index in [0.717, 1.165) is 35.1 Å². The summed E-state index contributed by atoms with van der Waals surface area (Å²) >= 11 is 9.49. The molecule has 0 fully saturated rings. The molecule has 0 bridgehead atoms. The van der Waals surface area contributed by atoms with Crippen LogP contribution in [0, 0.1) is 6.92 Å². The molecule has 0 N–H and O–H groups in total. The van der Waals surface area contributed by atoms with Crippen LogP contribution in [0.15, 0.2) is 40.9 Å². The number of nitrogens with zero attached hydrogens (tertiary/aromatic N) is 1. The Morgan fingerprint density at radius 3 is 2.90 bits per heavy atom. The first-order chi connectivity index (χ1) is 10.1. The van der Waals surface area contributed by atoms with Crippen LogP contribution in [0.2, 0.25) is 5.02 Å². The average Bonchev–Trinajstić information content (AvgIpc) is 2.49. The zero-order chi connectivity index (χ0) is 15.0. The molecule has 2 aromatic carbocycles. The quantitative estimate of drug-likeness (QED) is 0.697. The third-order valence-electron chi connectivity index (χ3n) is 3.82. The summed E-state index contributed by atoms with van der Waals surface area (Å²) in [6, 6.07) is 11.5. The molecule has 0 aliphatic carbocycles. The molecule has 0 saturated carbocycles. The molecule has 4 heteroatoms. The van der Waals surface area contributed by atoms with Crippen molar-refractivity contribution in [3.63, 3.8) is 0 Å². The van der Waals surface area contributed by atoms with Gasteiger partial charge >= 0.3 is 0 Å². The van der Waals surface area contributed by atoms with E-state index in [-0.39, 0.29) is 5.91 Å². The van der Waals surface area contributed by atoms with Crippen molar-refractivity contribution < 1.29 is 4.79 Å². The van der Waals surface area contributed by atoms with Gasteiger partial charge in [0.1, 0.15) is 0 Å². The van der Waals surface area contributed by atoms with Gasteiger partial charge in [0, 0.05) is 16.0 Å². The zero-order valence-corrected chi connectivity index (χ0v) is 14.0. The van der Waals surface area contributed by atoms with Crippen molar-refractivity contribution in [2.24, 2.45) is 0 Å². The van der Waals surface area contributed by atoms with Gasteiger partial charge in [-0.1, -0.05) is 29.8 Å². The van der Waals surface area contributed by atoms with Gasteiger partial charge in [-0.3, -0.25) is 4.79 Å². The average molecular weight is 365 g/mol. The van der Waals surface area contributed by atoms with Gasteiger partial charge in [-0.25, -0.2) is 0 Å². The van der Waals surface area contributed by atoms with Crippen molar-refractivity contribution in [3.8, 4) is 0 Å². The zero-order valence-electron chi connectivity index (χ0n) is 11.7. The number of hydrogen-bond donors (Lipinski definition) is 0. The number of carbonyl (C=O) groups excluding carboxylic acids is 1. The molecule has 0 spiro atoms. The van der Waals surface area contributed by atoms with E-state index in [4.69, 9.17) is 11.6 Å². The smallest absolute Gasteiger partial charge is 0.259 e. The lowest BCUT2D eigenvalue weighted by Gasteiger charge is -2.31. The lowest BCUT2D eigenvalue weighted by Crippen LogP contribution is -2.36. The molecule has 2 aromatic rings. The highest BCUT2D eigenvalue weighted by molar-refractivity contribution is 9.10. The van der Waals surface area contributed by atoms with Crippen molar-refractivity contribution >= 4 is 39.1 Å². The molecule has 1 heterocycles. The van der Waals surface area contributed by atoms with Gasteiger partial charge in [0.05, 0.1) is 11.3 Å². The number of halogens is 2. The molecule has 1 amide bonds. The number of fused-ring (bicyclic) bond motifs is 1. The van der Waals surface area contributed by atoms with Crippen molar-refractivity contribution in [2.45, 2.75) is 19.8 Å². The van der Waals surface area contributed by atoms with Crippen LogP contribution in [-0.2, 0) is 6.42 Å². The minimum Gasteiger partial charge on any atom is -0.308 e. The van der Waals surface area contributed by atoms with Gasteiger partial charge < -0.3 is 4.90 Å². The van der Waals surface area contributed by atoms with Crippen molar-refractivity contribution in [2.75, 3.05) is 11.4 Å². The number of anilines is 1. The van der Waals surface area contributed by atoms with Gasteiger partial charge in [0.15, 0.2) is 0 Å². The predicted molar refractivity (Wildman–Crippen MR) is 90.3 cm³/mol. The third kappa shape index (κ3) is 2.72. The number of rotatable bonds is 1. The van der Waals surface area contributed by atoms with E-state index in [2.05, 4.69) is 41.1 Å². The lowest BCUT2D eigenvalue weighted by atomic mass is 9.97. The highest BCUT2D eigenvalue weighted by Gasteiger charge is 2.26. The maximum absolute atomic E-state index is 12.9. The van der Waals surface area contributed by atoms with Crippen LogP contribution in [0.4, 0.5) is 5.69 Å². The second-order valence-electron chi connectivity index (χ2n) is 5.27. The number of benzene rings is 2. The van der Waals surface area contributed by atoms with Gasteiger partial charge in [-0.05, 0) is 65.0 Å². The summed E-state index contributed by atoms with van der Waals surface area (Å²) in [6.45, 7) is 2.80. The Labute approximate surface area is 137 Å². The molecule has 0 atom stereocenters. The van der Waals surface area contributed by atoms with Crippen molar-refractivity contribution in [1.29, 1.82) is 0 Å². The highest BCUT2D eigenvalue weighted by Crippen LogP contribution is 2.33. The van der Waals surface area contributed by atoms with Crippen LogP contribution < -0.4 is 4.90 Å². The number of carbonyl (C=O) groups is 1. The second kappa shape index (κ2) is 5.82. The lowest BCUT2D eigenvalue weighted by molar-refractivity contribution is 0.0984. The van der Waals surface area contributed by atoms with Crippen LogP contribution >= 0.6 is 27.5 Å². The Hall–Kier alpha value is -1.32. The molecule has 1 aliphatic heterocycles. The topological polar surface area (TPSA) is 20.3 Å². The predicted octanol–water partition coefficient (Wildman–Crippen LogP) is 5.00. The Morgan fingerprint density at radius 2 is 2.10 bits per heavy atom. The van der Waals surface area contributed by atoms with E-state index < -0.39 is 0 Å². The number of para-hydroxylation sites is 1. The fourth-order valence-electron chi connectivity index (χ4n) is 2.86. The molecule has 108 valence electrons. The van der Waals surface area contributed by atoms with Crippen molar-refractivity contribution in [3.05, 3.63) is 62.6 Å². The molecule has 2 nitrogen and oxygen atoms in total. The van der Waals surface area contributed by atoms with Crippen LogP contribution in [0.25, 0.3) is 0 Å². The van der Waals surface area contributed by atoms with E-state index in [9.17, 15) is 4.79 Å². The number of hydrogen-bond acceptors (Lipinski definition) is 1. The third-order valence-corrected chi connectivity index (χ3v) is 4.75. The van der Waals surface area contributed by atoms with Gasteiger partial charge in [-0.2, -0.15) is 0 Å². The Kier molecular flexibility index (Phi) is 4.05. The minimum absolute atomic E-state index is 0.000347. The molecular weight excluding hydrogens is 350 g/mol. The molecular formula is C17H15BrClNO. The van der Waals surface area contributed by atoms with Gasteiger partial charge in [0.2, 0.25) is 0 Å². The first-order valence-electron chi connectivity index (χ1n) is 6.93. The minimum atomic E-state index is -0.000347. The fraction of sp³-hybridized carbons (Fsp3) is 0.235. The standard InChI is InChI=1S/C17H15BrClNO/c1-11-4-2-5-12-6-3-9-20(16(11)12)17(21)14-10-13(19)7-8-15(14)18/h2,4-5,7-8,10H,3,6,9H2,1H3. The molecule has 0 radical (unpaired) electrons. The van der Waals surface area contributed by atoms with E-state index in [1.165, 1.54) is 5.56 Å². The maximum Gasteiger partial charge on any atom is 0.259 e. The summed E-state index contributed by atoms with van der Waals surface area (Å²) in [5.41, 5.74) is 4.05. The van der Waals surface area contributed by atoms with Gasteiger partial charge in [-0.15, -0.1) is 0 Å². The summed E-state index contributed by atoms with van der Waals surface area (Å²) in [5.74, 6) is -0.000347. The van der Waals surface area contributed by atoms with Crippen LogP contribution in [0.1, 0.15) is 27.9 Å². The summed E-state index contributed by atoms with van der Waals surface area (Å²) in [4.78, 5) is 14.8. The summed E-state index contributed by atoms with van der Waals surface area (Å²) in [7, 11) is 0. The maximum atomic E-state index is 12.9. The Morgan fingerprint density at radius 1 is 1.29 bits per heavy atom. The summed E-state index contributed by atoms with van der Waals surface area (Å²) in [5, 5.41) is 0.573. The number of aryl methyl sites for hydroxylation is 2. The van der Waals surface area contributed by atoms with E-state index >= 15 is 0 Å². The molecule has 0 aromatic heterocycles. The SMILES string of the molecule is Cc1cccc2c1N(C(=O)c1cc(Cl)ccc1Br)CCC2. The molecule has 0 unspecified atom stereocenters. The van der Waals surface area contributed by atoms with E-state index in [1.54, 1.807) is 12.1 Å². The monoisotopic (exact) mass is 363 g/mol. The Balaban J connectivity index is 2.06. The largest absolute Gasteiger partial charge is 0.308 e. The van der Waals surface area contributed by atoms with Crippen LogP contribution in [-0.4, -0.2) is 12.5 Å². The first kappa shape index (κ1) is 14.6. The number of amides is 1. The summed E-state index contributed by atoms with van der Waals surface area (Å²) < 4.78 is 0.776. The first-order valence-corrected chi connectivity index (χ1v) is 8.10. The molecule has 3 rings (SSSR count). The molecule has 21 heavy (non-hydrogen) atoms. The van der Waals surface area contributed by atoms with Crippen LogP contribution in [0.3, 0.4) is 0 Å². The normalized spacial score (nSPS) is 14.0. The van der Waals surface area contributed by atoms with E-state index in [0.29, 0.717) is 10.6 Å². The van der Waals surface area contributed by atoms with E-state index in [1.807, 2.05) is 11.0 Å². The Bertz CT molecular complexity index is 714. The van der Waals surface area contributed by atoms with Crippen LogP contribution in [0.5, 0.6) is 0 Å². The molecule has 0 saturated heterocycles. The fourth-order valence-corrected chi connectivity index (χ4v) is 3.45. The highest BCUT2D eigenvalue weighted by atomic mass is 79.9. The molecule has 1 aliphatic rings. The van der Waals surface area contributed by atoms with Crippen molar-refractivity contribution in [1.82, 2.24) is 0 Å². The second-order valence-corrected chi connectivity index (χ2v) is 6.56.